The summed E-state index contributed by atoms with van der Waals surface area (Å²) in [7, 11) is 1.69. The quantitative estimate of drug-likeness (QED) is 0.0910. The molecule has 9 aromatic rings. The lowest BCUT2D eigenvalue weighted by Crippen LogP contribution is -2.57. The average molecular weight is 1680 g/mol. The van der Waals surface area contributed by atoms with Crippen molar-refractivity contribution in [1.29, 1.82) is 0 Å². The highest BCUT2D eigenvalue weighted by molar-refractivity contribution is 6.62. The van der Waals surface area contributed by atoms with Crippen molar-refractivity contribution in [2.75, 3.05) is 118 Å². The van der Waals surface area contributed by atoms with E-state index in [4.69, 9.17) is 156 Å². The van der Waals surface area contributed by atoms with Crippen LogP contribution in [0.1, 0.15) is 71.2 Å². The van der Waals surface area contributed by atoms with E-state index >= 15 is 0 Å². The predicted molar refractivity (Wildman–Crippen MR) is 441 cm³/mol. The molecule has 4 atom stereocenters. The second-order valence-corrected chi connectivity index (χ2v) is 31.3. The number of hydrazine groups is 1. The lowest BCUT2D eigenvalue weighted by Gasteiger charge is -2.44. The zero-order chi connectivity index (χ0) is 74.3. The Bertz CT molecular complexity index is 4360. The van der Waals surface area contributed by atoms with Crippen LogP contribution in [-0.2, 0) is 6.54 Å². The summed E-state index contributed by atoms with van der Waals surface area (Å²) in [6, 6.07) is 62.2. The van der Waals surface area contributed by atoms with E-state index in [1.165, 1.54) is 23.1 Å². The summed E-state index contributed by atoms with van der Waals surface area (Å²) in [6.07, 6.45) is 3.47. The van der Waals surface area contributed by atoms with Crippen LogP contribution in [0.4, 0.5) is 32.3 Å². The molecule has 5 aliphatic heterocycles. The van der Waals surface area contributed by atoms with Gasteiger partial charge in [0.25, 0.3) is 0 Å². The van der Waals surface area contributed by atoms with Gasteiger partial charge in [-0.1, -0.05) is 206 Å². The Morgan fingerprint density at radius 2 is 0.743 bits per heavy atom. The van der Waals surface area contributed by atoms with Crippen LogP contribution in [0.5, 0.6) is 5.75 Å². The van der Waals surface area contributed by atoms with Crippen LogP contribution in [0, 0.1) is 0 Å². The first-order valence-corrected chi connectivity index (χ1v) is 39.3. The van der Waals surface area contributed by atoms with Gasteiger partial charge in [-0.3, -0.25) is 15.1 Å². The third-order valence-corrected chi connectivity index (χ3v) is 22.5. The molecular weight excluding hydrogens is 1600 g/mol. The summed E-state index contributed by atoms with van der Waals surface area (Å²) in [4.78, 5) is 39.6. The fraction of sp³-hybridized carbons (Fsp3) is 0.291. The van der Waals surface area contributed by atoms with Crippen molar-refractivity contribution >= 4 is 185 Å². The lowest BCUT2D eigenvalue weighted by atomic mass is 10.0. The Hall–Kier alpha value is -5.63. The standard InChI is InChI=1S/C24H23Cl3N2O.C22H25Cl3N4O.C17H14Cl4N2O.C16H15Cl3N2/c1-30-21-9-2-17(3-10-21)15-28-12-13-29(23-11-8-20(26)14-22(23)27)24(16-28)18-4-6-19(25)7-5-18;23-17-6-4-16(5-7-17)21-15-27(22(30)26-28-10-2-1-3-11-28)12-13-29(21)20-9-8-18(24)14-19(20)25;18-12-3-1-11(2-4-12)16-10-22(17(21)24)7-8-23(16)15-6-5-13(19)9-14(15)20;17-12-3-1-11(2-4-12)16-10-20-7-8-21(16)15-6-5-13(18)9-14(15)19/h2-11,14,24H,12-13,15-16H2,1H3;4-9,14,21H,1-3,10-13,15H2,(H,26,30);1-6,9,16H,7-8,10H2;1-6,9,16,20H,7-8,10H2. The number of nitrogens with zero attached hydrogens (tertiary/aromatic N) is 8. The van der Waals surface area contributed by atoms with Gasteiger partial charge in [0.15, 0.2) is 0 Å². The highest BCUT2D eigenvalue weighted by Gasteiger charge is 2.35. The van der Waals surface area contributed by atoms with E-state index in [0.29, 0.717) is 89.5 Å². The lowest BCUT2D eigenvalue weighted by molar-refractivity contribution is 0.124. The zero-order valence-electron chi connectivity index (χ0n) is 57.2. The minimum absolute atomic E-state index is 0.0400. The number of piperazine rings is 4. The van der Waals surface area contributed by atoms with Crippen molar-refractivity contribution in [3.05, 3.63) is 282 Å². The highest BCUT2D eigenvalue weighted by Crippen LogP contribution is 2.42. The van der Waals surface area contributed by atoms with Crippen LogP contribution in [0.3, 0.4) is 0 Å². The minimum atomic E-state index is -0.448. The van der Waals surface area contributed by atoms with E-state index in [1.807, 2.05) is 137 Å². The van der Waals surface area contributed by atoms with Crippen molar-refractivity contribution in [3.63, 3.8) is 0 Å². The van der Waals surface area contributed by atoms with Crippen molar-refractivity contribution in [3.8, 4) is 5.75 Å². The van der Waals surface area contributed by atoms with Crippen molar-refractivity contribution in [2.45, 2.75) is 50.0 Å². The fourth-order valence-electron chi connectivity index (χ4n) is 13.7. The number of anilines is 4. The van der Waals surface area contributed by atoms with Gasteiger partial charge in [-0.15, -0.1) is 0 Å². The summed E-state index contributed by atoms with van der Waals surface area (Å²) in [6.45, 7) is 11.6. The van der Waals surface area contributed by atoms with Gasteiger partial charge >= 0.3 is 11.4 Å². The number of hydrogen-bond donors (Lipinski definition) is 2. The van der Waals surface area contributed by atoms with E-state index in [-0.39, 0.29) is 30.2 Å². The molecule has 3 amide bonds. The summed E-state index contributed by atoms with van der Waals surface area (Å²) in [5, 5.41) is 12.9. The number of rotatable bonds is 12. The molecule has 26 heteroatoms. The number of hydrogen-bond acceptors (Lipinski definition) is 10. The molecule has 14 rings (SSSR count). The SMILES string of the molecule is COc1ccc(CN2CCN(c3ccc(Cl)cc3Cl)C(c3ccc(Cl)cc3)C2)cc1.Clc1ccc(C2CNCCN2c2ccc(Cl)cc2Cl)cc1.O=C(Cl)N1CCN(c2ccc(Cl)cc2Cl)C(c2ccc(Cl)cc2)C1.O=C(NN1CCCCC1)N1CCN(c2ccc(Cl)cc2Cl)C(c2ccc(Cl)cc2)C1. The number of piperidine rings is 1. The van der Waals surface area contributed by atoms with E-state index in [2.05, 4.69) is 71.6 Å². The van der Waals surface area contributed by atoms with Gasteiger partial charge in [0.2, 0.25) is 0 Å². The van der Waals surface area contributed by atoms with E-state index < -0.39 is 5.37 Å². The molecule has 5 fully saturated rings. The third-order valence-electron chi connectivity index (χ3n) is 19.1. The van der Waals surface area contributed by atoms with Crippen LogP contribution in [-0.4, -0.2) is 130 Å². The predicted octanol–water partition coefficient (Wildman–Crippen LogP) is 23.0. The van der Waals surface area contributed by atoms with Gasteiger partial charge in [-0.05, 0) is 186 Å². The molecular formula is C79H77Cl13N10O3. The Kier molecular flexibility index (Phi) is 29.6. The molecule has 5 heterocycles. The number of ether oxygens (including phenoxy) is 1. The van der Waals surface area contributed by atoms with E-state index in [1.54, 1.807) is 42.3 Å². The maximum atomic E-state index is 12.9. The summed E-state index contributed by atoms with van der Waals surface area (Å²) in [5.74, 6) is 0.875. The topological polar surface area (TPSA) is 93.3 Å². The van der Waals surface area contributed by atoms with Crippen molar-refractivity contribution < 1.29 is 14.3 Å². The first-order chi connectivity index (χ1) is 50.6. The summed E-state index contributed by atoms with van der Waals surface area (Å²) < 4.78 is 5.27. The molecule has 0 aromatic heterocycles. The number of carbonyl (C=O) groups excluding carboxylic acids is 2. The molecule has 13 nitrogen and oxygen atoms in total. The Balaban J connectivity index is 0.000000141. The van der Waals surface area contributed by atoms with Crippen molar-refractivity contribution in [2.24, 2.45) is 0 Å². The second kappa shape index (κ2) is 38.6. The number of nitrogens with one attached hydrogen (secondary N) is 2. The maximum absolute atomic E-state index is 12.9. The molecule has 105 heavy (non-hydrogen) atoms. The molecule has 0 saturated carbocycles. The molecule has 0 spiro atoms. The molecule has 5 aliphatic rings. The molecule has 9 aromatic carbocycles. The Morgan fingerprint density at radius 1 is 0.390 bits per heavy atom. The first-order valence-electron chi connectivity index (χ1n) is 34.3. The average Bonchev–Trinajstić information content (AvgIpc) is 0.804. The van der Waals surface area contributed by atoms with Gasteiger partial charge in [0.05, 0.1) is 74.1 Å². The van der Waals surface area contributed by atoms with E-state index in [0.717, 1.165) is 121 Å². The van der Waals surface area contributed by atoms with Gasteiger partial charge in [-0.2, -0.15) is 0 Å². The van der Waals surface area contributed by atoms with Crippen LogP contribution < -0.4 is 35.1 Å². The molecule has 0 bridgehead atoms. The van der Waals surface area contributed by atoms with E-state index in [9.17, 15) is 9.59 Å². The minimum Gasteiger partial charge on any atom is -0.497 e. The fourth-order valence-corrected chi connectivity index (χ4v) is 16.4. The molecule has 5 saturated heterocycles. The van der Waals surface area contributed by atoms with Crippen molar-refractivity contribution in [1.82, 2.24) is 30.5 Å². The number of benzene rings is 9. The second-order valence-electron chi connectivity index (χ2n) is 25.8. The summed E-state index contributed by atoms with van der Waals surface area (Å²) >= 11 is 80.0. The number of urea groups is 1. The maximum Gasteiger partial charge on any atom is 0.332 e. The van der Waals surface area contributed by atoms with Gasteiger partial charge in [0, 0.05) is 138 Å². The van der Waals surface area contributed by atoms with Gasteiger partial charge < -0.3 is 39.5 Å². The first kappa shape index (κ1) is 80.4. The normalized spacial score (nSPS) is 18.6. The zero-order valence-corrected chi connectivity index (χ0v) is 67.1. The number of methoxy groups -OCH3 is 1. The molecule has 2 N–H and O–H groups in total. The number of halogens is 13. The molecule has 0 aliphatic carbocycles. The van der Waals surface area contributed by atoms with Gasteiger partial charge in [-0.25, -0.2) is 9.80 Å². The van der Waals surface area contributed by atoms with Gasteiger partial charge in [0.1, 0.15) is 5.75 Å². The summed E-state index contributed by atoms with van der Waals surface area (Å²) in [5.41, 5.74) is 12.7. The van der Waals surface area contributed by atoms with Crippen LogP contribution in [0.25, 0.3) is 0 Å². The third kappa shape index (κ3) is 21.9. The molecule has 552 valence electrons. The number of amides is 3. The highest BCUT2D eigenvalue weighted by atomic mass is 35.5. The smallest absolute Gasteiger partial charge is 0.332 e. The Labute approximate surface area is 680 Å². The van der Waals surface area contributed by atoms with Crippen LogP contribution in [0.2, 0.25) is 60.3 Å². The number of carbonyl (C=O) groups is 2. The largest absolute Gasteiger partial charge is 0.497 e. The Morgan fingerprint density at radius 3 is 1.13 bits per heavy atom. The van der Waals surface area contributed by atoms with Crippen LogP contribution >= 0.6 is 151 Å². The monoisotopic (exact) mass is 1670 g/mol. The van der Waals surface area contributed by atoms with Crippen LogP contribution in [0.15, 0.2) is 194 Å². The molecule has 0 radical (unpaired) electrons. The molecule has 4 unspecified atom stereocenters.